The van der Waals surface area contributed by atoms with Crippen molar-refractivity contribution in [1.29, 1.82) is 0 Å². The third-order valence-corrected chi connectivity index (χ3v) is 5.15. The van der Waals surface area contributed by atoms with E-state index in [1.54, 1.807) is 34.0 Å². The van der Waals surface area contributed by atoms with Gasteiger partial charge >= 0.3 is 0 Å². The molecule has 0 unspecified atom stereocenters. The summed E-state index contributed by atoms with van der Waals surface area (Å²) >= 11 is 9.15. The molecule has 1 aromatic carbocycles. The first-order valence-electron chi connectivity index (χ1n) is 7.03. The van der Waals surface area contributed by atoms with Gasteiger partial charge in [-0.2, -0.15) is 26.2 Å². The van der Waals surface area contributed by atoms with E-state index in [1.807, 2.05) is 41.1 Å². The van der Waals surface area contributed by atoms with Gasteiger partial charge in [0, 0.05) is 16.3 Å². The van der Waals surface area contributed by atoms with Gasteiger partial charge < -0.3 is 0 Å². The highest BCUT2D eigenvalue weighted by atomic mass is 35.5. The smallest absolute Gasteiger partial charge is 0.244 e. The van der Waals surface area contributed by atoms with Crippen LogP contribution in [-0.4, -0.2) is 32.6 Å². The topological polar surface area (TPSA) is 67.5 Å². The molecule has 0 saturated heterocycles. The SMILES string of the molecule is Clc1ccc(C2=Nn3c(N/N=C/c4ccsc4)nnc3SC2)cc1. The van der Waals surface area contributed by atoms with Crippen LogP contribution in [0.3, 0.4) is 0 Å². The third kappa shape index (κ3) is 3.21. The lowest BCUT2D eigenvalue weighted by molar-refractivity contribution is 0.760. The maximum absolute atomic E-state index is 5.94. The van der Waals surface area contributed by atoms with Crippen LogP contribution in [-0.2, 0) is 0 Å². The molecule has 1 aliphatic heterocycles. The van der Waals surface area contributed by atoms with E-state index in [4.69, 9.17) is 11.6 Å². The van der Waals surface area contributed by atoms with Crippen molar-refractivity contribution in [2.75, 3.05) is 11.2 Å². The third-order valence-electron chi connectivity index (χ3n) is 3.27. The molecule has 0 spiro atoms. The Morgan fingerprint density at radius 1 is 1.21 bits per heavy atom. The minimum absolute atomic E-state index is 0.482. The second-order valence-corrected chi connectivity index (χ2v) is 7.05. The fourth-order valence-corrected chi connectivity index (χ4v) is 3.67. The Bertz CT molecular complexity index is 899. The Morgan fingerprint density at radius 2 is 2.08 bits per heavy atom. The molecule has 0 fully saturated rings. The first-order valence-corrected chi connectivity index (χ1v) is 9.33. The summed E-state index contributed by atoms with van der Waals surface area (Å²) in [7, 11) is 0. The molecular formula is C15H11ClN6S2. The fourth-order valence-electron chi connectivity index (χ4n) is 2.09. The number of nitrogens with zero attached hydrogens (tertiary/aromatic N) is 5. The first-order chi connectivity index (χ1) is 11.8. The van der Waals surface area contributed by atoms with Crippen molar-refractivity contribution < 1.29 is 0 Å². The summed E-state index contributed by atoms with van der Waals surface area (Å²) in [5.41, 5.74) is 5.89. The molecule has 0 aliphatic carbocycles. The van der Waals surface area contributed by atoms with Gasteiger partial charge in [-0.25, -0.2) is 5.43 Å². The number of rotatable bonds is 4. The highest BCUT2D eigenvalue weighted by molar-refractivity contribution is 7.99. The largest absolute Gasteiger partial charge is 0.266 e. The van der Waals surface area contributed by atoms with E-state index in [0.29, 0.717) is 11.0 Å². The van der Waals surface area contributed by atoms with Gasteiger partial charge in [-0.05, 0) is 34.5 Å². The molecule has 6 nitrogen and oxygen atoms in total. The van der Waals surface area contributed by atoms with E-state index in [-0.39, 0.29) is 0 Å². The van der Waals surface area contributed by atoms with Crippen LogP contribution in [0.4, 0.5) is 5.95 Å². The predicted molar refractivity (Wildman–Crippen MR) is 99.7 cm³/mol. The summed E-state index contributed by atoms with van der Waals surface area (Å²) in [6.07, 6.45) is 1.73. The van der Waals surface area contributed by atoms with Gasteiger partial charge in [0.25, 0.3) is 5.95 Å². The first kappa shape index (κ1) is 15.4. The van der Waals surface area contributed by atoms with Gasteiger partial charge in [0.2, 0.25) is 5.16 Å². The number of fused-ring (bicyclic) bond motifs is 1. The quantitative estimate of drug-likeness (QED) is 0.557. The Labute approximate surface area is 151 Å². The van der Waals surface area contributed by atoms with E-state index in [0.717, 1.165) is 27.7 Å². The Morgan fingerprint density at radius 3 is 2.88 bits per heavy atom. The van der Waals surface area contributed by atoms with Gasteiger partial charge in [-0.15, -0.1) is 10.2 Å². The van der Waals surface area contributed by atoms with Gasteiger partial charge in [-0.3, -0.25) is 0 Å². The van der Waals surface area contributed by atoms with Crippen LogP contribution in [0.1, 0.15) is 11.1 Å². The van der Waals surface area contributed by atoms with Crippen molar-refractivity contribution in [2.24, 2.45) is 10.2 Å². The maximum atomic E-state index is 5.94. The lowest BCUT2D eigenvalue weighted by Gasteiger charge is -2.13. The molecule has 120 valence electrons. The lowest BCUT2D eigenvalue weighted by atomic mass is 10.1. The van der Waals surface area contributed by atoms with E-state index < -0.39 is 0 Å². The van der Waals surface area contributed by atoms with Crippen molar-refractivity contribution >= 4 is 52.6 Å². The zero-order chi connectivity index (χ0) is 16.4. The average molecular weight is 375 g/mol. The van der Waals surface area contributed by atoms with Gasteiger partial charge in [0.1, 0.15) is 0 Å². The minimum atomic E-state index is 0.482. The van der Waals surface area contributed by atoms with E-state index in [1.165, 1.54) is 0 Å². The van der Waals surface area contributed by atoms with Crippen LogP contribution in [0.2, 0.25) is 5.02 Å². The van der Waals surface area contributed by atoms with Crippen LogP contribution < -0.4 is 5.43 Å². The van der Waals surface area contributed by atoms with Crippen LogP contribution in [0.5, 0.6) is 0 Å². The summed E-state index contributed by atoms with van der Waals surface area (Å²) in [6, 6.07) is 9.62. The Kier molecular flexibility index (Phi) is 4.33. The summed E-state index contributed by atoms with van der Waals surface area (Å²) in [5.74, 6) is 1.22. The van der Waals surface area contributed by atoms with Crippen molar-refractivity contribution in [3.8, 4) is 0 Å². The van der Waals surface area contributed by atoms with Crippen molar-refractivity contribution in [2.45, 2.75) is 5.16 Å². The molecule has 24 heavy (non-hydrogen) atoms. The number of thioether (sulfide) groups is 1. The second kappa shape index (κ2) is 6.76. The second-order valence-electron chi connectivity index (χ2n) is 4.89. The highest BCUT2D eigenvalue weighted by Gasteiger charge is 2.19. The van der Waals surface area contributed by atoms with Crippen LogP contribution in [0.15, 0.2) is 56.5 Å². The van der Waals surface area contributed by atoms with Gasteiger partial charge in [-0.1, -0.05) is 35.5 Å². The molecule has 0 bridgehead atoms. The monoisotopic (exact) mass is 374 g/mol. The molecule has 3 aromatic rings. The number of aromatic nitrogens is 3. The number of thiophene rings is 1. The average Bonchev–Trinajstić information content (AvgIpc) is 3.25. The van der Waals surface area contributed by atoms with Crippen molar-refractivity contribution in [1.82, 2.24) is 14.9 Å². The summed E-state index contributed by atoms with van der Waals surface area (Å²) in [4.78, 5) is 0. The molecule has 0 radical (unpaired) electrons. The fraction of sp³-hybridized carbons (Fsp3) is 0.0667. The molecule has 0 saturated carbocycles. The summed E-state index contributed by atoms with van der Waals surface area (Å²) < 4.78 is 1.67. The number of hydrogen-bond acceptors (Lipinski definition) is 7. The Balaban J connectivity index is 1.58. The summed E-state index contributed by atoms with van der Waals surface area (Å²) in [5, 5.41) is 22.5. The molecule has 3 heterocycles. The Hall–Kier alpha value is -2.16. The molecule has 2 aromatic heterocycles. The van der Waals surface area contributed by atoms with E-state index >= 15 is 0 Å². The molecule has 4 rings (SSSR count). The lowest BCUT2D eigenvalue weighted by Crippen LogP contribution is -2.14. The van der Waals surface area contributed by atoms with Crippen LogP contribution >= 0.6 is 34.7 Å². The van der Waals surface area contributed by atoms with E-state index in [9.17, 15) is 0 Å². The number of hydrazone groups is 1. The molecular weight excluding hydrogens is 364 g/mol. The van der Waals surface area contributed by atoms with Crippen molar-refractivity contribution in [3.05, 3.63) is 57.2 Å². The minimum Gasteiger partial charge on any atom is -0.244 e. The molecule has 1 N–H and O–H groups in total. The van der Waals surface area contributed by atoms with Gasteiger partial charge in [0.05, 0.1) is 11.9 Å². The van der Waals surface area contributed by atoms with E-state index in [2.05, 4.69) is 25.8 Å². The number of hydrogen-bond donors (Lipinski definition) is 1. The van der Waals surface area contributed by atoms with Gasteiger partial charge in [0.15, 0.2) is 0 Å². The zero-order valence-corrected chi connectivity index (χ0v) is 14.6. The predicted octanol–water partition coefficient (Wildman–Crippen LogP) is 3.80. The zero-order valence-electron chi connectivity index (χ0n) is 12.3. The molecule has 0 amide bonds. The molecule has 0 atom stereocenters. The normalized spacial score (nSPS) is 13.8. The molecule has 1 aliphatic rings. The van der Waals surface area contributed by atoms with Crippen LogP contribution in [0, 0.1) is 0 Å². The maximum Gasteiger partial charge on any atom is 0.266 e. The number of nitrogens with one attached hydrogen (secondary N) is 1. The van der Waals surface area contributed by atoms with Crippen molar-refractivity contribution in [3.63, 3.8) is 0 Å². The molecule has 9 heteroatoms. The summed E-state index contributed by atoms with van der Waals surface area (Å²) in [6.45, 7) is 0. The number of benzene rings is 1. The number of halogens is 1. The van der Waals surface area contributed by atoms with Crippen LogP contribution in [0.25, 0.3) is 0 Å². The number of anilines is 1. The standard InChI is InChI=1S/C15H11ClN6S2/c16-12-3-1-11(2-4-12)13-9-24-15-20-19-14(22(15)21-13)18-17-7-10-5-6-23-8-10/h1-8H,9H2,(H,18,19)/b17-7+. The highest BCUT2D eigenvalue weighted by Crippen LogP contribution is 2.26.